The largest absolute Gasteiger partial charge is 0.495 e. The van der Waals surface area contributed by atoms with Gasteiger partial charge in [0, 0.05) is 136 Å². The molecular weight excluding hydrogens is 1520 g/mol. The number of methoxy groups -OCH3 is 3. The number of nitrogens with zero attached hydrogens (tertiary/aromatic N) is 21. The van der Waals surface area contributed by atoms with Crippen molar-refractivity contribution < 1.29 is 28.6 Å². The second-order valence-corrected chi connectivity index (χ2v) is 31.5. The fraction of sp³-hybridized carbons (Fsp3) is 0.345. The first-order valence-electron chi connectivity index (χ1n) is 40.4. The number of hydrogen-bond acceptors (Lipinski definition) is 24. The summed E-state index contributed by atoms with van der Waals surface area (Å²) in [5, 5.41) is 28.9. The Balaban J connectivity index is 0.000000134. The van der Waals surface area contributed by atoms with E-state index in [0.717, 1.165) is 160 Å². The van der Waals surface area contributed by atoms with Crippen molar-refractivity contribution in [3.8, 4) is 51.0 Å². The number of aryl methyl sites for hydroxylation is 3. The number of nitrogens with one attached hydrogen (secondary N) is 3. The average Bonchev–Trinajstić information content (AvgIpc) is 1.61. The lowest BCUT2D eigenvalue weighted by molar-refractivity contribution is 0.101. The van der Waals surface area contributed by atoms with Gasteiger partial charge in [-0.1, -0.05) is 18.2 Å². The van der Waals surface area contributed by atoms with E-state index in [1.807, 2.05) is 141 Å². The Morgan fingerprint density at radius 2 is 0.750 bits per heavy atom. The summed E-state index contributed by atoms with van der Waals surface area (Å²) in [7, 11) is 10.3. The number of likely N-dealkylation sites (tertiary alicyclic amines) is 3. The van der Waals surface area contributed by atoms with Gasteiger partial charge < -0.3 is 75.8 Å². The van der Waals surface area contributed by atoms with Crippen LogP contribution in [-0.4, -0.2) is 199 Å². The molecule has 0 aliphatic carbocycles. The molecule has 120 heavy (non-hydrogen) atoms. The number of hydrogen-bond donors (Lipinski definition) is 6. The van der Waals surface area contributed by atoms with Crippen LogP contribution >= 0.6 is 0 Å². The molecule has 618 valence electrons. The molecule has 3 aliphatic heterocycles. The molecule has 15 aromatic rings. The number of carbonyl (C=O) groups excluding carboxylic acids is 3. The predicted molar refractivity (Wildman–Crippen MR) is 466 cm³/mol. The summed E-state index contributed by atoms with van der Waals surface area (Å²) in [6.45, 7) is 19.4. The first-order valence-corrected chi connectivity index (χ1v) is 40.4. The molecule has 0 radical (unpaired) electrons. The van der Waals surface area contributed by atoms with E-state index in [1.165, 1.54) is 19.0 Å². The third-order valence-corrected chi connectivity index (χ3v) is 23.6. The highest BCUT2D eigenvalue weighted by Gasteiger charge is 2.33. The van der Waals surface area contributed by atoms with E-state index in [9.17, 15) is 14.4 Å². The zero-order valence-corrected chi connectivity index (χ0v) is 69.4. The molecule has 3 aromatic carbocycles. The summed E-state index contributed by atoms with van der Waals surface area (Å²) in [6.07, 6.45) is 19.0. The number of benzene rings is 3. The Hall–Kier alpha value is -13.5. The third kappa shape index (κ3) is 15.5. The molecule has 3 saturated heterocycles. The van der Waals surface area contributed by atoms with Gasteiger partial charge in [0.25, 0.3) is 17.7 Å². The van der Waals surface area contributed by atoms with Crippen molar-refractivity contribution in [2.75, 3.05) is 93.7 Å². The van der Waals surface area contributed by atoms with E-state index in [0.29, 0.717) is 104 Å². The normalized spacial score (nSPS) is 14.8. The van der Waals surface area contributed by atoms with E-state index < -0.39 is 0 Å². The van der Waals surface area contributed by atoms with Crippen molar-refractivity contribution in [3.63, 3.8) is 0 Å². The molecule has 3 amide bonds. The van der Waals surface area contributed by atoms with Gasteiger partial charge in [0.05, 0.1) is 89.9 Å². The second kappa shape index (κ2) is 33.8. The highest BCUT2D eigenvalue weighted by molar-refractivity contribution is 6.10. The van der Waals surface area contributed by atoms with Crippen LogP contribution in [-0.2, 0) is 21.1 Å². The van der Waals surface area contributed by atoms with Gasteiger partial charge in [-0.15, -0.1) is 0 Å². The number of ether oxygens (including phenoxy) is 3. The molecule has 9 N–H and O–H groups in total. The van der Waals surface area contributed by atoms with Crippen LogP contribution in [0.2, 0.25) is 0 Å². The third-order valence-electron chi connectivity index (χ3n) is 23.6. The Labute approximate surface area is 692 Å². The van der Waals surface area contributed by atoms with E-state index in [2.05, 4.69) is 117 Å². The van der Waals surface area contributed by atoms with Crippen LogP contribution in [0.1, 0.15) is 130 Å². The van der Waals surface area contributed by atoms with E-state index in [1.54, 1.807) is 56.9 Å². The first-order chi connectivity index (χ1) is 58.1. The quantitative estimate of drug-likeness (QED) is 0.0464. The Morgan fingerprint density at radius 1 is 0.392 bits per heavy atom. The minimum absolute atomic E-state index is 0.219. The second-order valence-electron chi connectivity index (χ2n) is 31.5. The zero-order valence-electron chi connectivity index (χ0n) is 69.4. The predicted octanol–water partition coefficient (Wildman–Crippen LogP) is 12.8. The first kappa shape index (κ1) is 80.3. The van der Waals surface area contributed by atoms with Crippen molar-refractivity contribution in [3.05, 3.63) is 164 Å². The van der Waals surface area contributed by atoms with Crippen molar-refractivity contribution in [1.29, 1.82) is 0 Å². The molecule has 0 atom stereocenters. The number of fused-ring (bicyclic) bond motifs is 6. The van der Waals surface area contributed by atoms with E-state index >= 15 is 0 Å². The number of nitrogen functional groups attached to an aromatic ring is 3. The van der Waals surface area contributed by atoms with Crippen molar-refractivity contribution in [2.45, 2.75) is 116 Å². The lowest BCUT2D eigenvalue weighted by Gasteiger charge is -2.34. The van der Waals surface area contributed by atoms with Gasteiger partial charge in [-0.25, -0.2) is 48.9 Å². The lowest BCUT2D eigenvalue weighted by Crippen LogP contribution is -2.39. The van der Waals surface area contributed by atoms with Crippen molar-refractivity contribution in [1.82, 2.24) is 103 Å². The summed E-state index contributed by atoms with van der Waals surface area (Å²) in [4.78, 5) is 86.3. The Morgan fingerprint density at radius 3 is 1.12 bits per heavy atom. The molecule has 18 rings (SSSR count). The lowest BCUT2D eigenvalue weighted by atomic mass is 10.0. The van der Waals surface area contributed by atoms with Crippen LogP contribution in [0.25, 0.3) is 99.7 Å². The number of anilines is 6. The summed E-state index contributed by atoms with van der Waals surface area (Å²) in [5.74, 6) is 1.92. The summed E-state index contributed by atoms with van der Waals surface area (Å²) in [5.41, 5.74) is 31.5. The minimum atomic E-state index is -0.258. The number of piperidine rings is 3. The van der Waals surface area contributed by atoms with Gasteiger partial charge in [0.2, 0.25) is 0 Å². The highest BCUT2D eigenvalue weighted by atomic mass is 16.5. The number of pyridine rings is 3. The molecule has 33 nitrogen and oxygen atoms in total. The number of rotatable bonds is 18. The number of aromatic nitrogens is 18. The maximum absolute atomic E-state index is 13.2. The van der Waals surface area contributed by atoms with Gasteiger partial charge in [0.15, 0.2) is 16.9 Å². The topological polar surface area (TPSA) is 387 Å². The molecule has 3 fully saturated rings. The van der Waals surface area contributed by atoms with Crippen LogP contribution in [0, 0.1) is 0 Å². The SMILES string of the molecule is COc1cc(-c2nn(C3CCN(C(C)C)CC3)c3ncnc(N)c23)ccc1NC(=O)c1cc2cccnc2n1C.COc1cc(-c2nn(C3CCN(C(C)C)CC3)c3ncnc(N)c23)ccc1NC(=O)c1cc2ccncc2n1C.COc1cc(-c2nn(C3CCN(C(C)C)CC3)c3ncnc(N)c23)ccc1NC(=O)c1cc2cnccc2n1C. The van der Waals surface area contributed by atoms with E-state index in [4.69, 9.17) is 46.7 Å². The van der Waals surface area contributed by atoms with Gasteiger partial charge in [0.1, 0.15) is 93.5 Å². The molecule has 0 unspecified atom stereocenters. The van der Waals surface area contributed by atoms with Crippen LogP contribution in [0.15, 0.2) is 147 Å². The Bertz CT molecular complexity index is 5740. The fourth-order valence-electron chi connectivity index (χ4n) is 16.9. The van der Waals surface area contributed by atoms with Crippen molar-refractivity contribution in [2.24, 2.45) is 21.1 Å². The maximum Gasteiger partial charge on any atom is 0.272 e. The number of amides is 3. The molecular formula is C87H99N27O6. The molecule has 15 heterocycles. The maximum atomic E-state index is 13.2. The molecule has 3 aliphatic rings. The van der Waals surface area contributed by atoms with E-state index in [-0.39, 0.29) is 35.8 Å². The monoisotopic (exact) mass is 1620 g/mol. The summed E-state index contributed by atoms with van der Waals surface area (Å²) < 4.78 is 28.6. The molecule has 0 saturated carbocycles. The van der Waals surface area contributed by atoms with Gasteiger partial charge >= 0.3 is 0 Å². The highest BCUT2D eigenvalue weighted by Crippen LogP contribution is 2.43. The smallest absolute Gasteiger partial charge is 0.272 e. The van der Waals surface area contributed by atoms with Gasteiger partial charge in [-0.3, -0.25) is 24.4 Å². The molecule has 33 heteroatoms. The van der Waals surface area contributed by atoms with Gasteiger partial charge in [-0.2, -0.15) is 15.3 Å². The van der Waals surface area contributed by atoms with Crippen LogP contribution in [0.5, 0.6) is 17.2 Å². The standard InChI is InChI=1S/3C29H33N9O2/c1-17(2)37-11-8-20(9-12-37)38-28-25(27(30)32-16-33-28)26(35-38)19-5-6-21(24(14-19)40-4)34-29(39)22-13-18-7-10-31-15-23(18)36(22)3;1-17(2)37-11-8-20(9-12-37)38-28-25(27(30)32-16-33-28)26(35-38)18-5-6-21(24(14-18)40-4)34-29(39)23-13-19-15-31-10-7-22(19)36(23)3;1-17(2)37-12-9-20(10-13-37)38-28-24(26(30)32-16-33-28)25(35-38)18-7-8-21(23(15-18)40-4)34-29(39)22-14-19-6-5-11-31-27(19)36(22)3/h2*5-7,10,13-17,20H,8-9,11-12H2,1-4H3,(H,34,39)(H2,30,32,33);5-8,11,14-17,20H,9-10,12-13H2,1-4H3,(H,34,39)(H2,30,32,33). The number of nitrogens with two attached hydrogens (primary N) is 3. The van der Waals surface area contributed by atoms with Crippen LogP contribution in [0.4, 0.5) is 34.5 Å². The fourth-order valence-corrected chi connectivity index (χ4v) is 16.9. The Kier molecular flexibility index (Phi) is 22.6. The van der Waals surface area contributed by atoms with Crippen LogP contribution < -0.4 is 47.4 Å². The van der Waals surface area contributed by atoms with Crippen LogP contribution in [0.3, 0.4) is 0 Å². The van der Waals surface area contributed by atoms with Crippen molar-refractivity contribution >= 4 is 118 Å². The van der Waals surface area contributed by atoms with Gasteiger partial charge in [-0.05, 0) is 159 Å². The summed E-state index contributed by atoms with van der Waals surface area (Å²) >= 11 is 0. The summed E-state index contributed by atoms with van der Waals surface area (Å²) in [6, 6.07) is 32.0. The minimum Gasteiger partial charge on any atom is -0.495 e. The molecule has 12 aromatic heterocycles. The number of carbonyl (C=O) groups is 3. The zero-order chi connectivity index (χ0) is 83.9. The average molecular weight is 1620 g/mol. The molecule has 0 bridgehead atoms. The molecule has 0 spiro atoms.